The van der Waals surface area contributed by atoms with E-state index in [0.717, 1.165) is 19.0 Å². The highest BCUT2D eigenvalue weighted by molar-refractivity contribution is 5.78. The molecule has 4 saturated carbocycles. The second-order valence-electron chi connectivity index (χ2n) is 9.35. The number of hydrogen-bond acceptors (Lipinski definition) is 2. The summed E-state index contributed by atoms with van der Waals surface area (Å²) in [6, 6.07) is 0. The molecule has 1 N–H and O–H groups in total. The van der Waals surface area contributed by atoms with Crippen molar-refractivity contribution in [2.24, 2.45) is 16.7 Å². The molecule has 2 unspecified atom stereocenters. The number of hydrogen-bond donors (Lipinski definition) is 1. The zero-order chi connectivity index (χ0) is 14.7. The lowest BCUT2D eigenvalue weighted by Gasteiger charge is -2.65. The Morgan fingerprint density at radius 1 is 1.05 bits per heavy atom. The summed E-state index contributed by atoms with van der Waals surface area (Å²) in [5.41, 5.74) is 1.31. The molecule has 4 aliphatic carbocycles. The summed E-state index contributed by atoms with van der Waals surface area (Å²) in [7, 11) is 0. The van der Waals surface area contributed by atoms with Crippen LogP contribution in [0, 0.1) is 16.7 Å². The van der Waals surface area contributed by atoms with Crippen LogP contribution in [0.4, 0.5) is 0 Å². The molecular formula is C18H30N2O. The third-order valence-corrected chi connectivity index (χ3v) is 6.70. The minimum absolute atomic E-state index is 0.262. The normalized spacial score (nSPS) is 48.1. The van der Waals surface area contributed by atoms with Crippen molar-refractivity contribution in [3.63, 3.8) is 0 Å². The molecule has 5 aliphatic rings. The van der Waals surface area contributed by atoms with Crippen LogP contribution in [0.5, 0.6) is 0 Å². The molecule has 1 aliphatic heterocycles. The summed E-state index contributed by atoms with van der Waals surface area (Å²) in [5, 5.41) is 3.76. The summed E-state index contributed by atoms with van der Waals surface area (Å²) in [6.07, 6.45) is 10.5. The van der Waals surface area contributed by atoms with Crippen LogP contribution in [0.15, 0.2) is 0 Å². The molecule has 1 heterocycles. The molecule has 3 nitrogen and oxygen atoms in total. The van der Waals surface area contributed by atoms with E-state index in [1.807, 2.05) is 0 Å². The van der Waals surface area contributed by atoms with Crippen LogP contribution in [0.2, 0.25) is 0 Å². The summed E-state index contributed by atoms with van der Waals surface area (Å²) in [5.74, 6) is 1.23. The first-order valence-corrected chi connectivity index (χ1v) is 8.92. The van der Waals surface area contributed by atoms with E-state index in [-0.39, 0.29) is 5.54 Å². The highest BCUT2D eigenvalue weighted by Gasteiger charge is 2.59. The van der Waals surface area contributed by atoms with Crippen molar-refractivity contribution >= 4 is 5.91 Å². The van der Waals surface area contributed by atoms with Gasteiger partial charge in [-0.1, -0.05) is 13.8 Å². The molecule has 21 heavy (non-hydrogen) atoms. The predicted octanol–water partition coefficient (Wildman–Crippen LogP) is 2.95. The molecular weight excluding hydrogens is 260 g/mol. The summed E-state index contributed by atoms with van der Waals surface area (Å²) in [4.78, 5) is 14.4. The Bertz CT molecular complexity index is 436. The molecule has 0 aromatic rings. The lowest BCUT2D eigenvalue weighted by atomic mass is 9.43. The van der Waals surface area contributed by atoms with E-state index in [2.05, 4.69) is 24.1 Å². The number of nitrogens with one attached hydrogen (secondary N) is 1. The van der Waals surface area contributed by atoms with E-state index in [1.165, 1.54) is 51.4 Å². The van der Waals surface area contributed by atoms with Crippen LogP contribution in [-0.2, 0) is 4.79 Å². The largest absolute Gasteiger partial charge is 0.342 e. The van der Waals surface area contributed by atoms with Crippen LogP contribution in [0.25, 0.3) is 0 Å². The zero-order valence-corrected chi connectivity index (χ0v) is 13.7. The van der Waals surface area contributed by atoms with Crippen molar-refractivity contribution in [1.82, 2.24) is 10.2 Å². The van der Waals surface area contributed by atoms with Gasteiger partial charge in [0.25, 0.3) is 0 Å². The fourth-order valence-electron chi connectivity index (χ4n) is 6.99. The van der Waals surface area contributed by atoms with E-state index in [4.69, 9.17) is 0 Å². The van der Waals surface area contributed by atoms with Gasteiger partial charge in [-0.15, -0.1) is 0 Å². The van der Waals surface area contributed by atoms with Crippen molar-refractivity contribution in [3.8, 4) is 0 Å². The maximum atomic E-state index is 12.4. The molecule has 0 aromatic carbocycles. The van der Waals surface area contributed by atoms with Gasteiger partial charge in [-0.3, -0.25) is 4.79 Å². The van der Waals surface area contributed by atoms with Gasteiger partial charge in [0.05, 0.1) is 6.54 Å². The van der Waals surface area contributed by atoms with Gasteiger partial charge in [0.2, 0.25) is 5.91 Å². The SMILES string of the molecule is CC12CC3CC(C)(C1)CC(NCC(=O)N1CCCC1)(C3)C2. The lowest BCUT2D eigenvalue weighted by Crippen LogP contribution is -2.65. The monoisotopic (exact) mass is 290 g/mol. The maximum Gasteiger partial charge on any atom is 0.236 e. The smallest absolute Gasteiger partial charge is 0.236 e. The van der Waals surface area contributed by atoms with E-state index in [0.29, 0.717) is 23.3 Å². The molecule has 0 aromatic heterocycles. The Morgan fingerprint density at radius 3 is 2.24 bits per heavy atom. The molecule has 3 heteroatoms. The Morgan fingerprint density at radius 2 is 1.67 bits per heavy atom. The van der Waals surface area contributed by atoms with Crippen molar-refractivity contribution in [2.45, 2.75) is 70.8 Å². The summed E-state index contributed by atoms with van der Waals surface area (Å²) in [6.45, 7) is 7.51. The standard InChI is InChI=1S/C18H30N2O/c1-16-7-14-8-17(2,11-16)13-18(9-14,12-16)19-10-15(21)20-5-3-4-6-20/h14,19H,3-13H2,1-2H3. The van der Waals surface area contributed by atoms with Crippen molar-refractivity contribution in [1.29, 1.82) is 0 Å². The van der Waals surface area contributed by atoms with E-state index < -0.39 is 0 Å². The number of nitrogens with zero attached hydrogens (tertiary/aromatic N) is 1. The molecule has 5 rings (SSSR count). The summed E-state index contributed by atoms with van der Waals surface area (Å²) < 4.78 is 0. The summed E-state index contributed by atoms with van der Waals surface area (Å²) >= 11 is 0. The van der Waals surface area contributed by atoms with Crippen LogP contribution < -0.4 is 5.32 Å². The maximum absolute atomic E-state index is 12.4. The highest BCUT2D eigenvalue weighted by Crippen LogP contribution is 2.66. The fraction of sp³-hybridized carbons (Fsp3) is 0.944. The van der Waals surface area contributed by atoms with Crippen LogP contribution >= 0.6 is 0 Å². The number of amides is 1. The Kier molecular flexibility index (Phi) is 2.99. The average molecular weight is 290 g/mol. The number of rotatable bonds is 3. The van der Waals surface area contributed by atoms with E-state index in [1.54, 1.807) is 0 Å². The molecule has 0 radical (unpaired) electrons. The molecule has 1 amide bonds. The van der Waals surface area contributed by atoms with Crippen LogP contribution in [0.1, 0.15) is 65.2 Å². The van der Waals surface area contributed by atoms with Gasteiger partial charge in [-0.05, 0) is 68.1 Å². The first kappa shape index (κ1) is 14.0. The quantitative estimate of drug-likeness (QED) is 0.867. The topological polar surface area (TPSA) is 32.3 Å². The molecule has 1 saturated heterocycles. The third kappa shape index (κ3) is 2.42. The average Bonchev–Trinajstić information content (AvgIpc) is 2.85. The second-order valence-corrected chi connectivity index (χ2v) is 9.35. The minimum Gasteiger partial charge on any atom is -0.342 e. The number of carbonyl (C=O) groups excluding carboxylic acids is 1. The molecule has 118 valence electrons. The first-order valence-electron chi connectivity index (χ1n) is 8.92. The van der Waals surface area contributed by atoms with Gasteiger partial charge in [0.15, 0.2) is 0 Å². The van der Waals surface area contributed by atoms with Gasteiger partial charge in [0, 0.05) is 18.6 Å². The molecule has 5 fully saturated rings. The zero-order valence-electron chi connectivity index (χ0n) is 13.7. The second kappa shape index (κ2) is 4.47. The number of likely N-dealkylation sites (tertiary alicyclic amines) is 1. The van der Waals surface area contributed by atoms with E-state index >= 15 is 0 Å². The Balaban J connectivity index is 1.46. The molecule has 4 bridgehead atoms. The van der Waals surface area contributed by atoms with Crippen molar-refractivity contribution < 1.29 is 4.79 Å². The highest BCUT2D eigenvalue weighted by atomic mass is 16.2. The van der Waals surface area contributed by atoms with Crippen LogP contribution in [-0.4, -0.2) is 36.0 Å². The first-order chi connectivity index (χ1) is 9.90. The predicted molar refractivity (Wildman–Crippen MR) is 84.0 cm³/mol. The Labute approximate surface area is 128 Å². The fourth-order valence-corrected chi connectivity index (χ4v) is 6.99. The van der Waals surface area contributed by atoms with Gasteiger partial charge >= 0.3 is 0 Å². The van der Waals surface area contributed by atoms with Crippen molar-refractivity contribution in [3.05, 3.63) is 0 Å². The molecule has 2 atom stereocenters. The van der Waals surface area contributed by atoms with Crippen molar-refractivity contribution in [2.75, 3.05) is 19.6 Å². The van der Waals surface area contributed by atoms with Gasteiger partial charge in [-0.2, -0.15) is 0 Å². The van der Waals surface area contributed by atoms with Gasteiger partial charge in [-0.25, -0.2) is 0 Å². The van der Waals surface area contributed by atoms with E-state index in [9.17, 15) is 4.79 Å². The Hall–Kier alpha value is -0.570. The van der Waals surface area contributed by atoms with Gasteiger partial charge in [0.1, 0.15) is 0 Å². The lowest BCUT2D eigenvalue weighted by molar-refractivity contribution is -0.135. The minimum atomic E-state index is 0.262. The van der Waals surface area contributed by atoms with Gasteiger partial charge < -0.3 is 10.2 Å². The third-order valence-electron chi connectivity index (χ3n) is 6.70. The van der Waals surface area contributed by atoms with Crippen LogP contribution in [0.3, 0.4) is 0 Å². The molecule has 0 spiro atoms. The number of carbonyl (C=O) groups is 1.